The van der Waals surface area contributed by atoms with Gasteiger partial charge in [0.15, 0.2) is 0 Å². The second-order valence-corrected chi connectivity index (χ2v) is 7.02. The highest BCUT2D eigenvalue weighted by Crippen LogP contribution is 2.37. The molecule has 0 aliphatic carbocycles. The third-order valence-electron chi connectivity index (χ3n) is 4.67. The number of hydrogen-bond donors (Lipinski definition) is 0. The first kappa shape index (κ1) is 24.1. The first-order chi connectivity index (χ1) is 15.5. The summed E-state index contributed by atoms with van der Waals surface area (Å²) >= 11 is 0. The zero-order valence-corrected chi connectivity index (χ0v) is 16.8. The molecule has 0 heterocycles. The highest BCUT2D eigenvalue weighted by molar-refractivity contribution is 5.67. The molecule has 0 bridgehead atoms. The van der Waals surface area contributed by atoms with Crippen molar-refractivity contribution in [2.24, 2.45) is 0 Å². The molecule has 0 spiro atoms. The van der Waals surface area contributed by atoms with Gasteiger partial charge >= 0.3 is 6.18 Å². The molecule has 0 unspecified atom stereocenters. The van der Waals surface area contributed by atoms with E-state index in [0.717, 1.165) is 17.7 Å². The summed E-state index contributed by atoms with van der Waals surface area (Å²) in [5, 5.41) is 0. The van der Waals surface area contributed by atoms with Gasteiger partial charge in [0.25, 0.3) is 0 Å². The Morgan fingerprint density at radius 3 is 1.88 bits per heavy atom. The van der Waals surface area contributed by atoms with Crippen molar-refractivity contribution in [3.8, 4) is 23.0 Å². The molecular formula is C25H14F8. The molecule has 0 aromatic heterocycles. The summed E-state index contributed by atoms with van der Waals surface area (Å²) in [7, 11) is 0. The quantitative estimate of drug-likeness (QED) is 0.211. The van der Waals surface area contributed by atoms with Gasteiger partial charge < -0.3 is 0 Å². The minimum Gasteiger partial charge on any atom is -0.206 e. The van der Waals surface area contributed by atoms with E-state index in [-0.39, 0.29) is 23.3 Å². The van der Waals surface area contributed by atoms with Gasteiger partial charge in [-0.05, 0) is 60.4 Å². The van der Waals surface area contributed by atoms with Crippen molar-refractivity contribution in [2.75, 3.05) is 0 Å². The Hall–Kier alpha value is -3.60. The fourth-order valence-corrected chi connectivity index (χ4v) is 3.13. The highest BCUT2D eigenvalue weighted by Gasteiger charge is 2.38. The van der Waals surface area contributed by atoms with Gasteiger partial charge in [-0.1, -0.05) is 24.0 Å². The molecule has 0 aliphatic heterocycles. The lowest BCUT2D eigenvalue weighted by Crippen LogP contribution is -2.11. The topological polar surface area (TPSA) is 0 Å². The van der Waals surface area contributed by atoms with E-state index in [0.29, 0.717) is 12.8 Å². The van der Waals surface area contributed by atoms with E-state index in [1.54, 1.807) is 12.1 Å². The summed E-state index contributed by atoms with van der Waals surface area (Å²) in [5.74, 6) is -2.42. The number of allylic oxidation sites excluding steroid dienone is 1. The second kappa shape index (κ2) is 9.49. The first-order valence-electron chi connectivity index (χ1n) is 9.48. The third-order valence-corrected chi connectivity index (χ3v) is 4.67. The van der Waals surface area contributed by atoms with Gasteiger partial charge in [0, 0.05) is 5.56 Å². The molecule has 0 nitrogen and oxygen atoms in total. The molecule has 0 aliphatic rings. The van der Waals surface area contributed by atoms with Gasteiger partial charge in [0.05, 0.1) is 11.1 Å². The molecular weight excluding hydrogens is 452 g/mol. The minimum atomic E-state index is -5.32. The summed E-state index contributed by atoms with van der Waals surface area (Å²) in [6, 6.07) is 6.20. The minimum absolute atomic E-state index is 0.0193. The summed E-state index contributed by atoms with van der Waals surface area (Å²) in [6.45, 7) is 3.58. The lowest BCUT2D eigenvalue weighted by molar-refractivity contribution is -0.142. The molecule has 3 aromatic carbocycles. The smallest absolute Gasteiger partial charge is 0.206 e. The monoisotopic (exact) mass is 466 g/mol. The van der Waals surface area contributed by atoms with E-state index in [9.17, 15) is 35.1 Å². The number of benzene rings is 3. The number of rotatable bonds is 4. The molecule has 0 atom stereocenters. The molecule has 0 radical (unpaired) electrons. The van der Waals surface area contributed by atoms with Crippen molar-refractivity contribution < 1.29 is 35.1 Å². The van der Waals surface area contributed by atoms with E-state index in [4.69, 9.17) is 0 Å². The Bertz CT molecular complexity index is 1230. The molecule has 0 N–H and O–H groups in total. The van der Waals surface area contributed by atoms with Gasteiger partial charge in [-0.2, -0.15) is 13.2 Å². The highest BCUT2D eigenvalue weighted by atomic mass is 19.4. The lowest BCUT2D eigenvalue weighted by Gasteiger charge is -2.12. The maximum atomic E-state index is 14.5. The second-order valence-electron chi connectivity index (χ2n) is 7.02. The van der Waals surface area contributed by atoms with Gasteiger partial charge in [-0.15, -0.1) is 6.58 Å². The predicted molar refractivity (Wildman–Crippen MR) is 108 cm³/mol. The number of aryl methyl sites for hydroxylation is 1. The van der Waals surface area contributed by atoms with E-state index in [1.807, 2.05) is 0 Å². The average Bonchev–Trinajstić information content (AvgIpc) is 2.69. The van der Waals surface area contributed by atoms with Crippen LogP contribution in [0.25, 0.3) is 11.1 Å². The van der Waals surface area contributed by atoms with Crippen molar-refractivity contribution in [1.29, 1.82) is 0 Å². The van der Waals surface area contributed by atoms with Crippen molar-refractivity contribution in [3.05, 3.63) is 106 Å². The molecule has 0 fully saturated rings. The van der Waals surface area contributed by atoms with Crippen LogP contribution >= 0.6 is 0 Å². The number of hydrogen-bond acceptors (Lipinski definition) is 0. The van der Waals surface area contributed by atoms with Crippen LogP contribution in [0.15, 0.2) is 55.1 Å². The number of alkyl halides is 3. The molecule has 3 rings (SSSR count). The molecule has 8 heteroatoms. The van der Waals surface area contributed by atoms with Crippen LogP contribution in [0, 0.1) is 40.9 Å². The van der Waals surface area contributed by atoms with Crippen LogP contribution < -0.4 is 0 Å². The summed E-state index contributed by atoms with van der Waals surface area (Å²) in [6.07, 6.45) is -2.40. The van der Waals surface area contributed by atoms with Crippen LogP contribution in [0.4, 0.5) is 35.1 Å². The molecule has 0 amide bonds. The van der Waals surface area contributed by atoms with Gasteiger partial charge in [-0.3, -0.25) is 0 Å². The number of halogens is 8. The van der Waals surface area contributed by atoms with E-state index in [1.165, 1.54) is 12.1 Å². The van der Waals surface area contributed by atoms with Crippen LogP contribution in [-0.4, -0.2) is 0 Å². The van der Waals surface area contributed by atoms with Crippen LogP contribution in [-0.2, 0) is 12.6 Å². The predicted octanol–water partition coefficient (Wildman–Crippen LogP) is 7.59. The molecule has 0 saturated heterocycles. The van der Waals surface area contributed by atoms with Crippen LogP contribution in [0.2, 0.25) is 0 Å². The summed E-state index contributed by atoms with van der Waals surface area (Å²) in [4.78, 5) is 0. The maximum Gasteiger partial charge on any atom is 0.422 e. The van der Waals surface area contributed by atoms with E-state index in [2.05, 4.69) is 18.4 Å². The van der Waals surface area contributed by atoms with Gasteiger partial charge in [-0.25, -0.2) is 22.0 Å². The lowest BCUT2D eigenvalue weighted by atomic mass is 9.99. The molecule has 170 valence electrons. The Balaban J connectivity index is 1.95. The van der Waals surface area contributed by atoms with Crippen molar-refractivity contribution in [2.45, 2.75) is 19.0 Å². The Kier molecular flexibility index (Phi) is 6.92. The molecule has 3 aromatic rings. The summed E-state index contributed by atoms with van der Waals surface area (Å²) in [5.41, 5.74) is -3.35. The van der Waals surface area contributed by atoms with Gasteiger partial charge in [0.1, 0.15) is 34.6 Å². The van der Waals surface area contributed by atoms with Crippen molar-refractivity contribution >= 4 is 0 Å². The normalized spacial score (nSPS) is 11.2. The Labute approximate surface area is 184 Å². The largest absolute Gasteiger partial charge is 0.422 e. The SMILES string of the molecule is C=CCCc1ccc(C#Cc2cc(F)c(-c3cc(F)c(C(F)(F)F)c(F)c3)c(F)c2)c(F)c1. The van der Waals surface area contributed by atoms with Crippen LogP contribution in [0.3, 0.4) is 0 Å². The fourth-order valence-electron chi connectivity index (χ4n) is 3.13. The zero-order chi connectivity index (χ0) is 24.3. The zero-order valence-electron chi connectivity index (χ0n) is 16.8. The first-order valence-corrected chi connectivity index (χ1v) is 9.48. The average molecular weight is 466 g/mol. The fraction of sp³-hybridized carbons (Fsp3) is 0.120. The Morgan fingerprint density at radius 2 is 1.36 bits per heavy atom. The van der Waals surface area contributed by atoms with Crippen LogP contribution in [0.5, 0.6) is 0 Å². The van der Waals surface area contributed by atoms with Crippen LogP contribution in [0.1, 0.15) is 28.7 Å². The third kappa shape index (κ3) is 5.43. The van der Waals surface area contributed by atoms with E-state index >= 15 is 0 Å². The summed E-state index contributed by atoms with van der Waals surface area (Å²) < 4.78 is 109. The van der Waals surface area contributed by atoms with E-state index < -0.39 is 52.0 Å². The van der Waals surface area contributed by atoms with Gasteiger partial charge in [0.2, 0.25) is 0 Å². The Morgan fingerprint density at radius 1 is 0.758 bits per heavy atom. The van der Waals surface area contributed by atoms with Crippen molar-refractivity contribution in [3.63, 3.8) is 0 Å². The molecule has 33 heavy (non-hydrogen) atoms. The van der Waals surface area contributed by atoms with Crippen molar-refractivity contribution in [1.82, 2.24) is 0 Å². The molecule has 0 saturated carbocycles. The maximum absolute atomic E-state index is 14.5. The standard InChI is InChI=1S/C25H14F8/c1-2-3-4-14-5-7-16(18(26)9-14)8-6-15-10-19(27)23(20(28)11-15)17-12-21(29)24(22(30)13-17)25(31,32)33/h2,5,7,9-13H,1,3-4H2.